The summed E-state index contributed by atoms with van der Waals surface area (Å²) in [4.78, 5) is 15.3. The summed E-state index contributed by atoms with van der Waals surface area (Å²) in [5.41, 5.74) is 0.687. The highest BCUT2D eigenvalue weighted by molar-refractivity contribution is 6.00. The number of hydrogen-bond donors (Lipinski definition) is 0. The van der Waals surface area contributed by atoms with Gasteiger partial charge in [0, 0.05) is 24.1 Å². The zero-order valence-electron chi connectivity index (χ0n) is 13.0. The number of carbonyl (C=O) groups excluding carboxylic acids is 1. The Labute approximate surface area is 126 Å². The van der Waals surface area contributed by atoms with Gasteiger partial charge in [-0.3, -0.25) is 4.79 Å². The van der Waals surface area contributed by atoms with Crippen LogP contribution in [-0.4, -0.2) is 44.0 Å². The van der Waals surface area contributed by atoms with Crippen molar-refractivity contribution in [3.63, 3.8) is 0 Å². The zero-order chi connectivity index (χ0) is 15.0. The van der Waals surface area contributed by atoms with Gasteiger partial charge in [-0.15, -0.1) is 0 Å². The molecule has 3 rings (SSSR count). The van der Waals surface area contributed by atoms with Gasteiger partial charge in [0.1, 0.15) is 11.5 Å². The second-order valence-corrected chi connectivity index (χ2v) is 6.15. The molecule has 4 nitrogen and oxygen atoms in total. The molecule has 2 bridgehead atoms. The Bertz CT molecular complexity index is 529. The molecule has 0 aromatic heterocycles. The SMILES string of the molecule is COc1ccc(C(=O)C2CC3CCC(C2)N3C)c(OC)c1. The Morgan fingerprint density at radius 3 is 2.38 bits per heavy atom. The molecule has 114 valence electrons. The molecule has 0 amide bonds. The predicted molar refractivity (Wildman–Crippen MR) is 81.2 cm³/mol. The monoisotopic (exact) mass is 289 g/mol. The highest BCUT2D eigenvalue weighted by Crippen LogP contribution is 2.39. The van der Waals surface area contributed by atoms with E-state index in [0.717, 1.165) is 12.8 Å². The second kappa shape index (κ2) is 5.68. The highest BCUT2D eigenvalue weighted by atomic mass is 16.5. The Morgan fingerprint density at radius 2 is 1.81 bits per heavy atom. The number of benzene rings is 1. The normalized spacial score (nSPS) is 28.4. The molecule has 0 aliphatic carbocycles. The third-order valence-electron chi connectivity index (χ3n) is 5.14. The van der Waals surface area contributed by atoms with Crippen LogP contribution < -0.4 is 9.47 Å². The van der Waals surface area contributed by atoms with E-state index in [9.17, 15) is 4.79 Å². The number of fused-ring (bicyclic) bond motifs is 2. The highest BCUT2D eigenvalue weighted by Gasteiger charge is 2.41. The van der Waals surface area contributed by atoms with Gasteiger partial charge in [-0.2, -0.15) is 0 Å². The van der Waals surface area contributed by atoms with Crippen LogP contribution in [-0.2, 0) is 0 Å². The van der Waals surface area contributed by atoms with E-state index in [1.165, 1.54) is 12.8 Å². The summed E-state index contributed by atoms with van der Waals surface area (Å²) >= 11 is 0. The minimum Gasteiger partial charge on any atom is -0.497 e. The van der Waals surface area contributed by atoms with Gasteiger partial charge >= 0.3 is 0 Å². The van der Waals surface area contributed by atoms with Gasteiger partial charge < -0.3 is 14.4 Å². The van der Waals surface area contributed by atoms with Gasteiger partial charge in [0.05, 0.1) is 19.8 Å². The average Bonchev–Trinajstić information content (AvgIpc) is 2.75. The fourth-order valence-corrected chi connectivity index (χ4v) is 3.85. The lowest BCUT2D eigenvalue weighted by Crippen LogP contribution is -2.42. The lowest BCUT2D eigenvalue weighted by Gasteiger charge is -2.35. The second-order valence-electron chi connectivity index (χ2n) is 6.15. The van der Waals surface area contributed by atoms with Crippen molar-refractivity contribution < 1.29 is 14.3 Å². The van der Waals surface area contributed by atoms with Crippen molar-refractivity contribution in [1.29, 1.82) is 0 Å². The third kappa shape index (κ3) is 2.53. The molecule has 2 saturated heterocycles. The molecule has 21 heavy (non-hydrogen) atoms. The van der Waals surface area contributed by atoms with E-state index in [-0.39, 0.29) is 11.7 Å². The maximum absolute atomic E-state index is 12.9. The fourth-order valence-electron chi connectivity index (χ4n) is 3.85. The molecule has 2 aliphatic rings. The molecule has 0 N–H and O–H groups in total. The summed E-state index contributed by atoms with van der Waals surface area (Å²) in [6.07, 6.45) is 4.40. The van der Waals surface area contributed by atoms with Crippen molar-refractivity contribution in [3.05, 3.63) is 23.8 Å². The molecule has 1 aromatic carbocycles. The number of carbonyl (C=O) groups is 1. The van der Waals surface area contributed by atoms with Crippen molar-refractivity contribution in [2.75, 3.05) is 21.3 Å². The molecule has 1 aromatic rings. The number of methoxy groups -OCH3 is 2. The van der Waals surface area contributed by atoms with E-state index in [1.807, 2.05) is 12.1 Å². The smallest absolute Gasteiger partial charge is 0.169 e. The van der Waals surface area contributed by atoms with Gasteiger partial charge in [-0.05, 0) is 44.9 Å². The number of ketones is 1. The predicted octanol–water partition coefficient (Wildman–Crippen LogP) is 2.76. The van der Waals surface area contributed by atoms with E-state index in [4.69, 9.17) is 9.47 Å². The molecule has 0 saturated carbocycles. The van der Waals surface area contributed by atoms with Crippen molar-refractivity contribution >= 4 is 5.78 Å². The van der Waals surface area contributed by atoms with Gasteiger partial charge in [-0.25, -0.2) is 0 Å². The van der Waals surface area contributed by atoms with Crippen LogP contribution in [0.1, 0.15) is 36.0 Å². The zero-order valence-corrected chi connectivity index (χ0v) is 13.0. The number of nitrogens with zero attached hydrogens (tertiary/aromatic N) is 1. The van der Waals surface area contributed by atoms with Gasteiger partial charge in [0.15, 0.2) is 5.78 Å². The van der Waals surface area contributed by atoms with Gasteiger partial charge in [0.25, 0.3) is 0 Å². The van der Waals surface area contributed by atoms with Crippen LogP contribution in [0.3, 0.4) is 0 Å². The number of Topliss-reactive ketones (excluding diaryl/α,β-unsaturated/α-hetero) is 1. The summed E-state index contributed by atoms with van der Waals surface area (Å²) in [5, 5.41) is 0. The van der Waals surface area contributed by atoms with Crippen molar-refractivity contribution in [3.8, 4) is 11.5 Å². The van der Waals surface area contributed by atoms with Crippen LogP contribution in [0.15, 0.2) is 18.2 Å². The quantitative estimate of drug-likeness (QED) is 0.799. The van der Waals surface area contributed by atoms with Crippen LogP contribution in [0.4, 0.5) is 0 Å². The van der Waals surface area contributed by atoms with E-state index >= 15 is 0 Å². The maximum atomic E-state index is 12.9. The van der Waals surface area contributed by atoms with Crippen LogP contribution in [0.2, 0.25) is 0 Å². The first-order valence-electron chi connectivity index (χ1n) is 7.62. The third-order valence-corrected chi connectivity index (χ3v) is 5.14. The van der Waals surface area contributed by atoms with Crippen molar-refractivity contribution in [2.45, 2.75) is 37.8 Å². The molecular weight excluding hydrogens is 266 g/mol. The summed E-state index contributed by atoms with van der Waals surface area (Å²) in [5.74, 6) is 1.68. The minimum atomic E-state index is 0.126. The topological polar surface area (TPSA) is 38.8 Å². The number of rotatable bonds is 4. The Balaban J connectivity index is 1.82. The Morgan fingerprint density at radius 1 is 1.14 bits per heavy atom. The standard InChI is InChI=1S/C17H23NO3/c1-18-12-4-5-13(18)9-11(8-12)17(19)15-7-6-14(20-2)10-16(15)21-3/h6-7,10-13H,4-5,8-9H2,1-3H3. The number of piperidine rings is 1. The molecular formula is C17H23NO3. The van der Waals surface area contributed by atoms with Crippen LogP contribution >= 0.6 is 0 Å². The van der Waals surface area contributed by atoms with Crippen LogP contribution in [0, 0.1) is 5.92 Å². The van der Waals surface area contributed by atoms with Crippen molar-refractivity contribution in [2.24, 2.45) is 5.92 Å². The lowest BCUT2D eigenvalue weighted by molar-refractivity contribution is 0.0764. The van der Waals surface area contributed by atoms with E-state index in [2.05, 4.69) is 11.9 Å². The van der Waals surface area contributed by atoms with Crippen LogP contribution in [0.5, 0.6) is 11.5 Å². The Hall–Kier alpha value is -1.55. The number of ether oxygens (including phenoxy) is 2. The first kappa shape index (κ1) is 14.4. The van der Waals surface area contributed by atoms with E-state index in [0.29, 0.717) is 29.1 Å². The lowest BCUT2D eigenvalue weighted by atomic mass is 9.84. The molecule has 4 heteroatoms. The summed E-state index contributed by atoms with van der Waals surface area (Å²) in [6.45, 7) is 0. The first-order chi connectivity index (χ1) is 10.1. The van der Waals surface area contributed by atoms with E-state index in [1.54, 1.807) is 20.3 Å². The Kier molecular flexibility index (Phi) is 3.89. The molecule has 2 heterocycles. The average molecular weight is 289 g/mol. The minimum absolute atomic E-state index is 0.126. The molecule has 0 radical (unpaired) electrons. The maximum Gasteiger partial charge on any atom is 0.169 e. The molecule has 0 spiro atoms. The molecule has 2 atom stereocenters. The summed E-state index contributed by atoms with van der Waals surface area (Å²) < 4.78 is 10.6. The largest absolute Gasteiger partial charge is 0.497 e. The van der Waals surface area contributed by atoms with Crippen LogP contribution in [0.25, 0.3) is 0 Å². The molecule has 2 aliphatic heterocycles. The summed E-state index contributed by atoms with van der Waals surface area (Å²) in [6, 6.07) is 6.60. The van der Waals surface area contributed by atoms with Crippen molar-refractivity contribution in [1.82, 2.24) is 4.90 Å². The molecule has 2 unspecified atom stereocenters. The molecule has 2 fully saturated rings. The van der Waals surface area contributed by atoms with E-state index < -0.39 is 0 Å². The van der Waals surface area contributed by atoms with Gasteiger partial charge in [-0.1, -0.05) is 0 Å². The summed E-state index contributed by atoms with van der Waals surface area (Å²) in [7, 11) is 5.41. The van der Waals surface area contributed by atoms with Gasteiger partial charge in [0.2, 0.25) is 0 Å². The number of hydrogen-bond acceptors (Lipinski definition) is 4. The first-order valence-corrected chi connectivity index (χ1v) is 7.62. The fraction of sp³-hybridized carbons (Fsp3) is 0.588.